The van der Waals surface area contributed by atoms with Crippen molar-refractivity contribution in [2.75, 3.05) is 34.2 Å². The Morgan fingerprint density at radius 3 is 1.78 bits per heavy atom. The number of hydrogen-bond acceptors (Lipinski definition) is 4. The molecule has 0 N–H and O–H groups in total. The van der Waals surface area contributed by atoms with Crippen molar-refractivity contribution in [1.82, 2.24) is 0 Å². The lowest BCUT2D eigenvalue weighted by Crippen LogP contribution is -2.19. The zero-order chi connectivity index (χ0) is 17.7. The molecule has 23 heavy (non-hydrogen) atoms. The molecule has 0 aliphatic heterocycles. The van der Waals surface area contributed by atoms with Crippen molar-refractivity contribution in [1.29, 1.82) is 0 Å². The van der Waals surface area contributed by atoms with Crippen LogP contribution in [0.25, 0.3) is 0 Å². The van der Waals surface area contributed by atoms with Gasteiger partial charge in [-0.3, -0.25) is 0 Å². The SMILES string of the molecule is COCCOCOc1cc(C(C)(C)C)c(OC)cc1C(C)(C)C. The molecular formula is C19H32O4. The van der Waals surface area contributed by atoms with Crippen LogP contribution in [-0.4, -0.2) is 34.2 Å². The molecule has 4 heteroatoms. The lowest BCUT2D eigenvalue weighted by molar-refractivity contribution is -0.00927. The third kappa shape index (κ3) is 5.70. The molecule has 0 bridgehead atoms. The molecule has 1 aromatic carbocycles. The molecule has 0 radical (unpaired) electrons. The summed E-state index contributed by atoms with van der Waals surface area (Å²) in [7, 11) is 3.37. The molecule has 0 aromatic heterocycles. The van der Waals surface area contributed by atoms with Gasteiger partial charge in [0.15, 0.2) is 6.79 Å². The lowest BCUT2D eigenvalue weighted by Gasteiger charge is -2.28. The Balaban J connectivity index is 3.13. The Hall–Kier alpha value is -1.26. The highest BCUT2D eigenvalue weighted by atomic mass is 16.7. The number of rotatable bonds is 7. The summed E-state index contributed by atoms with van der Waals surface area (Å²) in [4.78, 5) is 0. The van der Waals surface area contributed by atoms with Gasteiger partial charge in [-0.2, -0.15) is 0 Å². The van der Waals surface area contributed by atoms with E-state index in [-0.39, 0.29) is 17.6 Å². The molecule has 0 aliphatic carbocycles. The first kappa shape index (κ1) is 19.8. The van der Waals surface area contributed by atoms with E-state index in [4.69, 9.17) is 18.9 Å². The molecule has 0 atom stereocenters. The van der Waals surface area contributed by atoms with Gasteiger partial charge in [-0.05, 0) is 23.0 Å². The van der Waals surface area contributed by atoms with E-state index < -0.39 is 0 Å². The maximum Gasteiger partial charge on any atom is 0.189 e. The fourth-order valence-electron chi connectivity index (χ4n) is 2.33. The molecule has 0 saturated carbocycles. The molecule has 0 saturated heterocycles. The first-order valence-electron chi connectivity index (χ1n) is 8.03. The van der Waals surface area contributed by atoms with Gasteiger partial charge in [0.2, 0.25) is 0 Å². The molecule has 0 amide bonds. The van der Waals surface area contributed by atoms with E-state index in [2.05, 4.69) is 53.7 Å². The predicted octanol–water partition coefficient (Wildman–Crippen LogP) is 4.29. The van der Waals surface area contributed by atoms with Crippen LogP contribution in [0.2, 0.25) is 0 Å². The maximum absolute atomic E-state index is 5.91. The molecule has 0 unspecified atom stereocenters. The Kier molecular flexibility index (Phi) is 6.90. The average Bonchev–Trinajstić information content (AvgIpc) is 2.44. The summed E-state index contributed by atoms with van der Waals surface area (Å²) in [5.41, 5.74) is 2.15. The van der Waals surface area contributed by atoms with Crippen molar-refractivity contribution in [3.63, 3.8) is 0 Å². The normalized spacial score (nSPS) is 12.3. The van der Waals surface area contributed by atoms with E-state index >= 15 is 0 Å². The van der Waals surface area contributed by atoms with Crippen LogP contribution in [0.5, 0.6) is 11.5 Å². The second kappa shape index (κ2) is 8.02. The first-order valence-corrected chi connectivity index (χ1v) is 8.03. The van der Waals surface area contributed by atoms with Crippen molar-refractivity contribution in [2.45, 2.75) is 52.4 Å². The van der Waals surface area contributed by atoms with Crippen molar-refractivity contribution in [2.24, 2.45) is 0 Å². The Labute approximate surface area is 141 Å². The molecular weight excluding hydrogens is 292 g/mol. The van der Waals surface area contributed by atoms with Gasteiger partial charge in [-0.25, -0.2) is 0 Å². The Morgan fingerprint density at radius 1 is 0.783 bits per heavy atom. The van der Waals surface area contributed by atoms with Crippen molar-refractivity contribution >= 4 is 0 Å². The van der Waals surface area contributed by atoms with E-state index in [1.807, 2.05) is 0 Å². The highest BCUT2D eigenvalue weighted by molar-refractivity contribution is 5.51. The fraction of sp³-hybridized carbons (Fsp3) is 0.684. The minimum absolute atomic E-state index is 0.0310. The molecule has 0 heterocycles. The maximum atomic E-state index is 5.91. The smallest absolute Gasteiger partial charge is 0.189 e. The molecule has 0 aliphatic rings. The Bertz CT molecular complexity index is 495. The van der Waals surface area contributed by atoms with E-state index in [0.29, 0.717) is 13.2 Å². The van der Waals surface area contributed by atoms with Crippen LogP contribution in [-0.2, 0) is 20.3 Å². The molecule has 0 spiro atoms. The number of ether oxygens (including phenoxy) is 4. The van der Waals surface area contributed by atoms with Crippen LogP contribution in [0.15, 0.2) is 12.1 Å². The highest BCUT2D eigenvalue weighted by Gasteiger charge is 2.26. The van der Waals surface area contributed by atoms with E-state index in [1.54, 1.807) is 14.2 Å². The van der Waals surface area contributed by atoms with Gasteiger partial charge < -0.3 is 18.9 Å². The molecule has 4 nitrogen and oxygen atoms in total. The van der Waals surface area contributed by atoms with Gasteiger partial charge in [-0.15, -0.1) is 0 Å². The Morgan fingerprint density at radius 2 is 1.30 bits per heavy atom. The van der Waals surface area contributed by atoms with Gasteiger partial charge in [0.1, 0.15) is 11.5 Å². The van der Waals surface area contributed by atoms with E-state index in [1.165, 1.54) is 0 Å². The monoisotopic (exact) mass is 324 g/mol. The summed E-state index contributed by atoms with van der Waals surface area (Å²) in [5, 5.41) is 0. The lowest BCUT2D eigenvalue weighted by atomic mass is 9.81. The van der Waals surface area contributed by atoms with Crippen LogP contribution < -0.4 is 9.47 Å². The summed E-state index contributed by atoms with van der Waals surface area (Å²) < 4.78 is 21.9. The van der Waals surface area contributed by atoms with Gasteiger partial charge >= 0.3 is 0 Å². The van der Waals surface area contributed by atoms with Crippen LogP contribution >= 0.6 is 0 Å². The first-order chi connectivity index (χ1) is 10.6. The second-order valence-electron chi connectivity index (χ2n) is 7.71. The topological polar surface area (TPSA) is 36.9 Å². The predicted molar refractivity (Wildman–Crippen MR) is 93.7 cm³/mol. The molecule has 1 rings (SSSR count). The number of benzene rings is 1. The third-order valence-corrected chi connectivity index (χ3v) is 3.65. The standard InChI is InChI=1S/C19H32O4/c1-18(2,3)14-12-17(23-13-22-10-9-20-7)15(19(4,5)6)11-16(14)21-8/h11-12H,9-10,13H2,1-8H3. The van der Waals surface area contributed by atoms with E-state index in [0.717, 1.165) is 22.6 Å². The quantitative estimate of drug-likeness (QED) is 0.554. The van der Waals surface area contributed by atoms with Gasteiger partial charge in [0.25, 0.3) is 0 Å². The summed E-state index contributed by atoms with van der Waals surface area (Å²) in [6.07, 6.45) is 0. The molecule has 1 aromatic rings. The summed E-state index contributed by atoms with van der Waals surface area (Å²) >= 11 is 0. The third-order valence-electron chi connectivity index (χ3n) is 3.65. The largest absolute Gasteiger partial charge is 0.496 e. The summed E-state index contributed by atoms with van der Waals surface area (Å²) in [5.74, 6) is 1.75. The van der Waals surface area contributed by atoms with Crippen molar-refractivity contribution in [3.8, 4) is 11.5 Å². The summed E-state index contributed by atoms with van der Waals surface area (Å²) in [6.45, 7) is 14.3. The second-order valence-corrected chi connectivity index (χ2v) is 7.71. The summed E-state index contributed by atoms with van der Waals surface area (Å²) in [6, 6.07) is 4.17. The van der Waals surface area contributed by atoms with Crippen molar-refractivity contribution in [3.05, 3.63) is 23.3 Å². The average molecular weight is 324 g/mol. The number of methoxy groups -OCH3 is 2. The van der Waals surface area contributed by atoms with E-state index in [9.17, 15) is 0 Å². The zero-order valence-electron chi connectivity index (χ0n) is 15.9. The van der Waals surface area contributed by atoms with Gasteiger partial charge in [0, 0.05) is 18.2 Å². The van der Waals surface area contributed by atoms with Crippen LogP contribution in [0.1, 0.15) is 52.7 Å². The minimum atomic E-state index is -0.0500. The number of hydrogen-bond donors (Lipinski definition) is 0. The van der Waals surface area contributed by atoms with Crippen LogP contribution in [0.3, 0.4) is 0 Å². The van der Waals surface area contributed by atoms with Crippen molar-refractivity contribution < 1.29 is 18.9 Å². The van der Waals surface area contributed by atoms with Gasteiger partial charge in [0.05, 0.1) is 20.3 Å². The zero-order valence-corrected chi connectivity index (χ0v) is 15.9. The molecule has 132 valence electrons. The molecule has 0 fully saturated rings. The van der Waals surface area contributed by atoms with Crippen LogP contribution in [0, 0.1) is 0 Å². The van der Waals surface area contributed by atoms with Gasteiger partial charge in [-0.1, -0.05) is 41.5 Å². The fourth-order valence-corrected chi connectivity index (χ4v) is 2.33. The minimum Gasteiger partial charge on any atom is -0.496 e. The highest BCUT2D eigenvalue weighted by Crippen LogP contribution is 2.41. The van der Waals surface area contributed by atoms with Crippen LogP contribution in [0.4, 0.5) is 0 Å².